The number of nitro groups is 1. The molecule has 0 saturated carbocycles. The van der Waals surface area contributed by atoms with Gasteiger partial charge in [-0.25, -0.2) is 9.69 Å². The fourth-order valence-corrected chi connectivity index (χ4v) is 4.23. The number of hydrogen-bond acceptors (Lipinski definition) is 8. The number of rotatable bonds is 6. The maximum absolute atomic E-state index is 13.4. The van der Waals surface area contributed by atoms with Crippen molar-refractivity contribution < 1.29 is 28.8 Å². The summed E-state index contributed by atoms with van der Waals surface area (Å²) in [7, 11) is 0. The second-order valence-electron chi connectivity index (χ2n) is 8.27. The van der Waals surface area contributed by atoms with Gasteiger partial charge in [0.15, 0.2) is 6.61 Å². The van der Waals surface area contributed by atoms with Gasteiger partial charge in [0.1, 0.15) is 0 Å². The summed E-state index contributed by atoms with van der Waals surface area (Å²) in [5.74, 6) is -2.57. The number of carbonyl (C=O) groups is 4. The number of aryl methyl sites for hydroxylation is 1. The molecule has 10 nitrogen and oxygen atoms in total. The highest BCUT2D eigenvalue weighted by atomic mass is 16.6. The van der Waals surface area contributed by atoms with Crippen molar-refractivity contribution in [3.63, 3.8) is 0 Å². The first-order valence-electron chi connectivity index (χ1n) is 11.1. The molecule has 0 aliphatic carbocycles. The van der Waals surface area contributed by atoms with Gasteiger partial charge in [-0.15, -0.1) is 0 Å². The number of Topliss-reactive ketones (excluding diaryl/α,β-unsaturated/α-hetero) is 1. The quantitative estimate of drug-likeness (QED) is 0.127. The van der Waals surface area contributed by atoms with E-state index in [9.17, 15) is 29.3 Å². The number of aromatic nitrogens is 1. The average molecular weight is 495 g/mol. The smallest absolute Gasteiger partial charge is 0.338 e. The molecule has 0 atom stereocenters. The molecule has 2 amide bonds. The molecule has 1 aliphatic rings. The second kappa shape index (κ2) is 9.08. The molecule has 4 aromatic rings. The number of non-ortho nitro benzene ring substituents is 1. The molecule has 182 valence electrons. The van der Waals surface area contributed by atoms with E-state index in [1.54, 1.807) is 31.2 Å². The van der Waals surface area contributed by atoms with E-state index in [2.05, 4.69) is 4.98 Å². The zero-order valence-corrected chi connectivity index (χ0v) is 19.3. The van der Waals surface area contributed by atoms with E-state index in [0.29, 0.717) is 16.6 Å². The topological polar surface area (TPSA) is 137 Å². The van der Waals surface area contributed by atoms with E-state index >= 15 is 0 Å². The Bertz CT molecular complexity index is 1660. The van der Waals surface area contributed by atoms with E-state index in [4.69, 9.17) is 4.74 Å². The van der Waals surface area contributed by atoms with Crippen LogP contribution in [0.5, 0.6) is 0 Å². The second-order valence-corrected chi connectivity index (χ2v) is 8.27. The van der Waals surface area contributed by atoms with E-state index < -0.39 is 35.1 Å². The maximum Gasteiger partial charge on any atom is 0.338 e. The summed E-state index contributed by atoms with van der Waals surface area (Å²) in [6.45, 7) is 1.01. The van der Waals surface area contributed by atoms with Crippen LogP contribution < -0.4 is 4.90 Å². The molecule has 2 heterocycles. The van der Waals surface area contributed by atoms with E-state index in [-0.39, 0.29) is 33.6 Å². The third-order valence-corrected chi connectivity index (χ3v) is 5.96. The molecular weight excluding hydrogens is 478 g/mol. The Morgan fingerprint density at radius 3 is 2.41 bits per heavy atom. The van der Waals surface area contributed by atoms with Gasteiger partial charge < -0.3 is 4.74 Å². The Hall–Kier alpha value is -5.25. The van der Waals surface area contributed by atoms with Gasteiger partial charge in [-0.3, -0.25) is 29.5 Å². The van der Waals surface area contributed by atoms with Gasteiger partial charge in [0.05, 0.1) is 38.5 Å². The molecule has 10 heteroatoms. The number of ketones is 1. The van der Waals surface area contributed by atoms with Crippen molar-refractivity contribution in [2.75, 3.05) is 11.5 Å². The number of benzene rings is 3. The van der Waals surface area contributed by atoms with Gasteiger partial charge >= 0.3 is 5.97 Å². The van der Waals surface area contributed by atoms with Crippen molar-refractivity contribution in [1.29, 1.82) is 0 Å². The number of hydrogen-bond donors (Lipinski definition) is 0. The minimum atomic E-state index is -0.861. The predicted molar refractivity (Wildman–Crippen MR) is 132 cm³/mol. The van der Waals surface area contributed by atoms with Gasteiger partial charge in [0.2, 0.25) is 5.78 Å². The van der Waals surface area contributed by atoms with Crippen LogP contribution >= 0.6 is 0 Å². The molecule has 0 unspecified atom stereocenters. The highest BCUT2D eigenvalue weighted by Crippen LogP contribution is 2.34. The normalized spacial score (nSPS) is 12.5. The Morgan fingerprint density at radius 1 is 0.919 bits per heavy atom. The third kappa shape index (κ3) is 4.10. The Kier molecular flexibility index (Phi) is 5.76. The number of nitrogens with zero attached hydrogens (tertiary/aromatic N) is 3. The van der Waals surface area contributed by atoms with Crippen LogP contribution in [0.1, 0.15) is 47.1 Å². The number of carbonyl (C=O) groups excluding carboxylic acids is 4. The molecule has 1 aliphatic heterocycles. The lowest BCUT2D eigenvalue weighted by atomic mass is 10.0. The largest absolute Gasteiger partial charge is 0.454 e. The number of nitro benzene ring substituents is 1. The lowest BCUT2D eigenvalue weighted by molar-refractivity contribution is -0.384. The molecule has 0 saturated heterocycles. The van der Waals surface area contributed by atoms with Crippen LogP contribution in [0.3, 0.4) is 0 Å². The molecule has 37 heavy (non-hydrogen) atoms. The summed E-state index contributed by atoms with van der Waals surface area (Å²) >= 11 is 0. The number of imide groups is 1. The highest BCUT2D eigenvalue weighted by molar-refractivity contribution is 6.37. The first-order valence-corrected chi connectivity index (χ1v) is 11.1. The number of esters is 1. The van der Waals surface area contributed by atoms with Crippen LogP contribution in [0.4, 0.5) is 11.4 Å². The van der Waals surface area contributed by atoms with Crippen molar-refractivity contribution >= 4 is 45.8 Å². The van der Waals surface area contributed by atoms with E-state index in [1.165, 1.54) is 42.5 Å². The van der Waals surface area contributed by atoms with Crippen molar-refractivity contribution in [2.45, 2.75) is 6.92 Å². The number of para-hydroxylation sites is 1. The fraction of sp³-hybridized carbons (Fsp3) is 0.0741. The molecule has 1 aromatic heterocycles. The van der Waals surface area contributed by atoms with Crippen molar-refractivity contribution in [3.05, 3.63) is 111 Å². The van der Waals surface area contributed by atoms with Crippen molar-refractivity contribution in [2.24, 2.45) is 0 Å². The monoisotopic (exact) mass is 495 g/mol. The number of anilines is 1. The van der Waals surface area contributed by atoms with Crippen molar-refractivity contribution in [3.8, 4) is 0 Å². The lowest BCUT2D eigenvalue weighted by Crippen LogP contribution is -2.29. The molecule has 0 bridgehead atoms. The zero-order chi connectivity index (χ0) is 26.3. The minimum absolute atomic E-state index is 0.0144. The first kappa shape index (κ1) is 23.5. The standard InChI is InChI=1S/C27H17N3O7/c1-15-23-24(20-10-2-3-11-21(20)28-15)26(33)29(25(23)32)18-8-5-7-17(13-18)27(34)37-14-22(31)16-6-4-9-19(12-16)30(35)36/h2-13H,14H2,1H3. The molecule has 0 fully saturated rings. The SMILES string of the molecule is Cc1nc2ccccc2c2c1C(=O)N(c1cccc(C(=O)OCC(=O)c3cccc([N+](=O)[O-])c3)c1)C2=O. The summed E-state index contributed by atoms with van der Waals surface area (Å²) in [4.78, 5) is 67.4. The lowest BCUT2D eigenvalue weighted by Gasteiger charge is -2.15. The van der Waals surface area contributed by atoms with Crippen LogP contribution in [0.2, 0.25) is 0 Å². The van der Waals surface area contributed by atoms with E-state index in [1.807, 2.05) is 0 Å². The predicted octanol–water partition coefficient (Wildman–Crippen LogP) is 4.29. The van der Waals surface area contributed by atoms with Crippen molar-refractivity contribution in [1.82, 2.24) is 4.98 Å². The molecule has 0 radical (unpaired) electrons. The minimum Gasteiger partial charge on any atom is -0.454 e. The molecule has 0 N–H and O–H groups in total. The summed E-state index contributed by atoms with van der Waals surface area (Å²) in [5.41, 5.74) is 1.41. The Morgan fingerprint density at radius 2 is 1.62 bits per heavy atom. The van der Waals surface area contributed by atoms with Crippen LogP contribution in [0.15, 0.2) is 72.8 Å². The first-order chi connectivity index (χ1) is 17.8. The van der Waals surface area contributed by atoms with Crippen LogP contribution in [-0.2, 0) is 4.74 Å². The van der Waals surface area contributed by atoms with Crippen LogP contribution in [0, 0.1) is 17.0 Å². The Labute approximate surface area is 209 Å². The summed E-state index contributed by atoms with van der Waals surface area (Å²) in [6.07, 6.45) is 0. The molecule has 3 aromatic carbocycles. The highest BCUT2D eigenvalue weighted by Gasteiger charge is 2.40. The number of pyridine rings is 1. The number of ether oxygens (including phenoxy) is 1. The Balaban J connectivity index is 1.38. The van der Waals surface area contributed by atoms with Gasteiger partial charge in [-0.2, -0.15) is 0 Å². The van der Waals surface area contributed by atoms with E-state index in [0.717, 1.165) is 11.0 Å². The fourth-order valence-electron chi connectivity index (χ4n) is 4.23. The van der Waals surface area contributed by atoms with Gasteiger partial charge in [0.25, 0.3) is 17.5 Å². The van der Waals surface area contributed by atoms with Gasteiger partial charge in [-0.1, -0.05) is 36.4 Å². The molecular formula is C27H17N3O7. The van der Waals surface area contributed by atoms with Gasteiger partial charge in [0, 0.05) is 23.1 Å². The number of fused-ring (bicyclic) bond motifs is 3. The molecule has 0 spiro atoms. The summed E-state index contributed by atoms with van der Waals surface area (Å²) in [6, 6.07) is 17.9. The number of amides is 2. The summed E-state index contributed by atoms with van der Waals surface area (Å²) < 4.78 is 5.10. The molecule has 5 rings (SSSR count). The zero-order valence-electron chi connectivity index (χ0n) is 19.3. The van der Waals surface area contributed by atoms with Crippen LogP contribution in [0.25, 0.3) is 10.9 Å². The van der Waals surface area contributed by atoms with Gasteiger partial charge in [-0.05, 0) is 31.2 Å². The average Bonchev–Trinajstić information content (AvgIpc) is 3.17. The maximum atomic E-state index is 13.4. The van der Waals surface area contributed by atoms with Crippen LogP contribution in [-0.4, -0.2) is 40.1 Å². The summed E-state index contributed by atoms with van der Waals surface area (Å²) in [5, 5.41) is 11.5. The third-order valence-electron chi connectivity index (χ3n) is 5.96.